The van der Waals surface area contributed by atoms with Gasteiger partial charge in [-0.15, -0.1) is 0 Å². The van der Waals surface area contributed by atoms with E-state index in [9.17, 15) is 0 Å². The fourth-order valence-corrected chi connectivity index (χ4v) is 2.21. The molecule has 2 rings (SSSR count). The van der Waals surface area contributed by atoms with E-state index in [1.807, 2.05) is 12.1 Å². The van der Waals surface area contributed by atoms with E-state index in [0.717, 1.165) is 5.56 Å². The van der Waals surface area contributed by atoms with Crippen molar-refractivity contribution in [1.29, 1.82) is 0 Å². The molecule has 5 heteroatoms. The van der Waals surface area contributed by atoms with E-state index in [1.165, 1.54) is 18.0 Å². The van der Waals surface area contributed by atoms with Gasteiger partial charge >= 0.3 is 0 Å². The Bertz CT molecular complexity index is 623. The van der Waals surface area contributed by atoms with Crippen LogP contribution in [0.25, 0.3) is 0 Å². The predicted octanol–water partition coefficient (Wildman–Crippen LogP) is 5.13. The van der Waals surface area contributed by atoms with Gasteiger partial charge in [0, 0.05) is 12.4 Å². The van der Waals surface area contributed by atoms with E-state index in [1.54, 1.807) is 6.21 Å². The first-order valence-electron chi connectivity index (χ1n) is 6.56. The molecular weight excluding hydrogens is 305 g/mol. The zero-order valence-electron chi connectivity index (χ0n) is 12.2. The summed E-state index contributed by atoms with van der Waals surface area (Å²) in [4.78, 5) is 3.89. The Labute approximate surface area is 135 Å². The first-order valence-corrected chi connectivity index (χ1v) is 7.32. The molecule has 0 saturated carbocycles. The molecule has 0 spiro atoms. The minimum absolute atomic E-state index is 0.145. The van der Waals surface area contributed by atoms with Crippen LogP contribution in [0.4, 0.5) is 5.69 Å². The quantitative estimate of drug-likeness (QED) is 0.628. The smallest absolute Gasteiger partial charge is 0.0965 e. The number of pyridine rings is 1. The topological polar surface area (TPSA) is 37.3 Å². The van der Waals surface area contributed by atoms with Crippen molar-refractivity contribution in [3.8, 4) is 0 Å². The van der Waals surface area contributed by atoms with Crippen molar-refractivity contribution in [2.75, 3.05) is 5.43 Å². The number of hydrogen-bond acceptors (Lipinski definition) is 3. The van der Waals surface area contributed by atoms with E-state index in [-0.39, 0.29) is 5.41 Å². The van der Waals surface area contributed by atoms with Gasteiger partial charge in [0.25, 0.3) is 0 Å². The first kappa shape index (κ1) is 15.8. The standard InChI is InChI=1S/C16H17Cl2N3/c1-16(2,3)12-6-4-11(5-7-12)8-20-21-15-13(17)9-19-10-14(15)18/h4-10H,1-3H3,(H,19,21). The molecule has 3 nitrogen and oxygen atoms in total. The largest absolute Gasteiger partial charge is 0.275 e. The molecule has 1 N–H and O–H groups in total. The summed E-state index contributed by atoms with van der Waals surface area (Å²) < 4.78 is 0. The van der Waals surface area contributed by atoms with Crippen molar-refractivity contribution < 1.29 is 0 Å². The van der Waals surface area contributed by atoms with Crippen LogP contribution in [0.3, 0.4) is 0 Å². The van der Waals surface area contributed by atoms with Crippen LogP contribution in [-0.2, 0) is 5.41 Å². The fourth-order valence-electron chi connectivity index (χ4n) is 1.76. The zero-order chi connectivity index (χ0) is 15.5. The maximum absolute atomic E-state index is 6.00. The molecule has 0 radical (unpaired) electrons. The van der Waals surface area contributed by atoms with Crippen LogP contribution in [0.1, 0.15) is 31.9 Å². The second-order valence-electron chi connectivity index (χ2n) is 5.72. The number of benzene rings is 1. The van der Waals surface area contributed by atoms with Crippen molar-refractivity contribution >= 4 is 35.1 Å². The SMILES string of the molecule is CC(C)(C)c1ccc(C=NNc2c(Cl)cncc2Cl)cc1. The van der Waals surface area contributed by atoms with Gasteiger partial charge in [-0.25, -0.2) is 0 Å². The Morgan fingerprint density at radius 1 is 1.05 bits per heavy atom. The molecule has 0 fully saturated rings. The van der Waals surface area contributed by atoms with Gasteiger partial charge in [-0.2, -0.15) is 5.10 Å². The highest BCUT2D eigenvalue weighted by atomic mass is 35.5. The van der Waals surface area contributed by atoms with Gasteiger partial charge in [0.2, 0.25) is 0 Å². The highest BCUT2D eigenvalue weighted by Gasteiger charge is 2.12. The summed E-state index contributed by atoms with van der Waals surface area (Å²) in [7, 11) is 0. The molecule has 2 aromatic rings. The van der Waals surface area contributed by atoms with E-state index >= 15 is 0 Å². The van der Waals surface area contributed by atoms with E-state index in [0.29, 0.717) is 15.7 Å². The van der Waals surface area contributed by atoms with Crippen LogP contribution >= 0.6 is 23.2 Å². The van der Waals surface area contributed by atoms with Crippen LogP contribution in [-0.4, -0.2) is 11.2 Å². The van der Waals surface area contributed by atoms with Crippen molar-refractivity contribution in [1.82, 2.24) is 4.98 Å². The lowest BCUT2D eigenvalue weighted by molar-refractivity contribution is 0.590. The Kier molecular flexibility index (Phi) is 4.86. The lowest BCUT2D eigenvalue weighted by Crippen LogP contribution is -2.10. The van der Waals surface area contributed by atoms with Crippen LogP contribution in [0.15, 0.2) is 41.8 Å². The van der Waals surface area contributed by atoms with Gasteiger partial charge in [0.05, 0.1) is 21.9 Å². The normalized spacial score (nSPS) is 11.9. The Morgan fingerprint density at radius 2 is 1.62 bits per heavy atom. The van der Waals surface area contributed by atoms with E-state index < -0.39 is 0 Å². The van der Waals surface area contributed by atoms with Crippen molar-refractivity contribution in [2.45, 2.75) is 26.2 Å². The first-order chi connectivity index (χ1) is 9.88. The third-order valence-corrected chi connectivity index (χ3v) is 3.59. The summed E-state index contributed by atoms with van der Waals surface area (Å²) in [5, 5.41) is 5.02. The number of nitrogens with one attached hydrogen (secondary N) is 1. The maximum Gasteiger partial charge on any atom is 0.0965 e. The average Bonchev–Trinajstić information content (AvgIpc) is 2.42. The molecule has 1 aromatic heterocycles. The molecule has 0 saturated heterocycles. The van der Waals surface area contributed by atoms with Crippen molar-refractivity contribution in [2.24, 2.45) is 5.10 Å². The molecule has 0 aliphatic heterocycles. The predicted molar refractivity (Wildman–Crippen MR) is 90.6 cm³/mol. The highest BCUT2D eigenvalue weighted by molar-refractivity contribution is 6.38. The molecule has 110 valence electrons. The minimum Gasteiger partial charge on any atom is -0.275 e. The Morgan fingerprint density at radius 3 is 2.14 bits per heavy atom. The summed E-state index contributed by atoms with van der Waals surface area (Å²) >= 11 is 12.0. The van der Waals surface area contributed by atoms with Gasteiger partial charge < -0.3 is 0 Å². The maximum atomic E-state index is 6.00. The van der Waals surface area contributed by atoms with E-state index in [4.69, 9.17) is 23.2 Å². The number of hydrazone groups is 1. The van der Waals surface area contributed by atoms with Crippen LogP contribution < -0.4 is 5.43 Å². The Hall–Kier alpha value is -1.58. The van der Waals surface area contributed by atoms with Gasteiger partial charge in [-0.3, -0.25) is 10.4 Å². The lowest BCUT2D eigenvalue weighted by atomic mass is 9.87. The number of halogens is 2. The molecule has 0 aliphatic carbocycles. The number of rotatable bonds is 3. The van der Waals surface area contributed by atoms with Gasteiger partial charge in [-0.1, -0.05) is 68.2 Å². The van der Waals surface area contributed by atoms with Crippen LogP contribution in [0, 0.1) is 0 Å². The lowest BCUT2D eigenvalue weighted by Gasteiger charge is -2.18. The second kappa shape index (κ2) is 6.46. The third kappa shape index (κ3) is 4.19. The van der Waals surface area contributed by atoms with Crippen LogP contribution in [0.5, 0.6) is 0 Å². The summed E-state index contributed by atoms with van der Waals surface area (Å²) in [5.74, 6) is 0. The van der Waals surface area contributed by atoms with Gasteiger partial charge in [0.15, 0.2) is 0 Å². The number of nitrogens with zero attached hydrogens (tertiary/aromatic N) is 2. The summed E-state index contributed by atoms with van der Waals surface area (Å²) in [5.41, 5.74) is 5.82. The van der Waals surface area contributed by atoms with Crippen LogP contribution in [0.2, 0.25) is 10.0 Å². The number of anilines is 1. The van der Waals surface area contributed by atoms with E-state index in [2.05, 4.69) is 48.4 Å². The fraction of sp³-hybridized carbons (Fsp3) is 0.250. The number of hydrogen-bond donors (Lipinski definition) is 1. The molecule has 0 amide bonds. The monoisotopic (exact) mass is 321 g/mol. The van der Waals surface area contributed by atoms with Crippen molar-refractivity contribution in [3.05, 3.63) is 57.8 Å². The van der Waals surface area contributed by atoms with Gasteiger partial charge in [0.1, 0.15) is 0 Å². The molecule has 0 atom stereocenters. The van der Waals surface area contributed by atoms with Gasteiger partial charge in [-0.05, 0) is 16.5 Å². The Balaban J connectivity index is 2.08. The van der Waals surface area contributed by atoms with Crippen molar-refractivity contribution in [3.63, 3.8) is 0 Å². The average molecular weight is 322 g/mol. The highest BCUT2D eigenvalue weighted by Crippen LogP contribution is 2.28. The molecule has 0 aliphatic rings. The minimum atomic E-state index is 0.145. The second-order valence-corrected chi connectivity index (χ2v) is 6.53. The summed E-state index contributed by atoms with van der Waals surface area (Å²) in [6, 6.07) is 8.27. The molecular formula is C16H17Cl2N3. The summed E-state index contributed by atoms with van der Waals surface area (Å²) in [6.45, 7) is 6.56. The summed E-state index contributed by atoms with van der Waals surface area (Å²) in [6.07, 6.45) is 4.76. The molecule has 21 heavy (non-hydrogen) atoms. The zero-order valence-corrected chi connectivity index (χ0v) is 13.7. The third-order valence-electron chi connectivity index (χ3n) is 3.02. The molecule has 1 heterocycles. The number of aromatic nitrogens is 1. The molecule has 1 aromatic carbocycles. The molecule has 0 unspecified atom stereocenters. The molecule has 0 bridgehead atoms.